The van der Waals surface area contributed by atoms with Crippen LogP contribution in [0.15, 0.2) is 30.1 Å². The van der Waals surface area contributed by atoms with Gasteiger partial charge in [0.1, 0.15) is 33.6 Å². The number of anilines is 2. The maximum absolute atomic E-state index is 14.8. The van der Waals surface area contributed by atoms with Gasteiger partial charge in [0.05, 0.1) is 28.0 Å². The molecule has 1 fully saturated rings. The van der Waals surface area contributed by atoms with Gasteiger partial charge >= 0.3 is 0 Å². The SMILES string of the molecule is COC1(C2=Cc3c(N[C@H](C)c4cccc(C(F)F)c4F)ncnc3N(C)C2)CCC(S(C)(=O)=O)CC1. The van der Waals surface area contributed by atoms with Crippen molar-refractivity contribution < 1.29 is 26.3 Å². The highest BCUT2D eigenvalue weighted by Crippen LogP contribution is 2.43. The van der Waals surface area contributed by atoms with E-state index in [0.717, 1.165) is 11.6 Å². The van der Waals surface area contributed by atoms with E-state index >= 15 is 0 Å². The van der Waals surface area contributed by atoms with E-state index in [-0.39, 0.29) is 10.8 Å². The Kier molecular flexibility index (Phi) is 7.34. The van der Waals surface area contributed by atoms with Crippen molar-refractivity contribution in [1.29, 1.82) is 0 Å². The highest BCUT2D eigenvalue weighted by molar-refractivity contribution is 7.91. The van der Waals surface area contributed by atoms with E-state index in [9.17, 15) is 21.6 Å². The zero-order chi connectivity index (χ0) is 26.3. The Labute approximate surface area is 209 Å². The fourth-order valence-corrected chi connectivity index (χ4v) is 6.35. The smallest absolute Gasteiger partial charge is 0.266 e. The second-order valence-corrected chi connectivity index (χ2v) is 12.0. The standard InChI is InChI=1S/C25H31F3N4O3S/c1-15(18-6-5-7-19(21(18)26)22(27)28)31-23-20-12-16(13-32(2)24(20)30-14-29-23)25(35-3)10-8-17(9-11-25)36(4,33)34/h5-7,12,14-15,17,22H,8-11,13H2,1-4H3,(H,29,30,31)/t15-,17?,25?/m1/s1. The van der Waals surface area contributed by atoms with Gasteiger partial charge in [-0.2, -0.15) is 0 Å². The Hall–Kier alpha value is -2.66. The number of fused-ring (bicyclic) bond motifs is 1. The summed E-state index contributed by atoms with van der Waals surface area (Å²) in [4.78, 5) is 10.7. The van der Waals surface area contributed by atoms with Crippen LogP contribution < -0.4 is 10.2 Å². The summed E-state index contributed by atoms with van der Waals surface area (Å²) in [7, 11) is 0.404. The van der Waals surface area contributed by atoms with E-state index in [0.29, 0.717) is 49.4 Å². The van der Waals surface area contributed by atoms with Crippen LogP contribution in [0.4, 0.5) is 24.8 Å². The molecule has 2 aliphatic rings. The average Bonchev–Trinajstić information content (AvgIpc) is 2.83. The van der Waals surface area contributed by atoms with Crippen LogP contribution in [0.5, 0.6) is 0 Å². The van der Waals surface area contributed by atoms with Crippen LogP contribution in [0.2, 0.25) is 0 Å². The Morgan fingerprint density at radius 1 is 1.19 bits per heavy atom. The van der Waals surface area contributed by atoms with Crippen molar-refractivity contribution in [1.82, 2.24) is 9.97 Å². The normalized spacial score (nSPS) is 23.3. The fraction of sp³-hybridized carbons (Fsp3) is 0.520. The molecule has 0 spiro atoms. The summed E-state index contributed by atoms with van der Waals surface area (Å²) in [5, 5.41) is 2.79. The van der Waals surface area contributed by atoms with Gasteiger partial charge in [-0.15, -0.1) is 0 Å². The number of sulfone groups is 1. The number of alkyl halides is 2. The van der Waals surface area contributed by atoms with Gasteiger partial charge in [0.15, 0.2) is 0 Å². The van der Waals surface area contributed by atoms with Gasteiger partial charge in [0.2, 0.25) is 0 Å². The molecule has 2 heterocycles. The molecule has 0 amide bonds. The third kappa shape index (κ3) is 4.95. The number of nitrogens with zero attached hydrogens (tertiary/aromatic N) is 3. The monoisotopic (exact) mass is 524 g/mol. The molecule has 0 radical (unpaired) electrons. The van der Waals surface area contributed by atoms with E-state index in [4.69, 9.17) is 4.74 Å². The minimum absolute atomic E-state index is 0.112. The molecule has 7 nitrogen and oxygen atoms in total. The lowest BCUT2D eigenvalue weighted by atomic mass is 9.77. The second kappa shape index (κ2) is 10.0. The molecule has 1 N–H and O–H groups in total. The first-order chi connectivity index (χ1) is 17.0. The highest BCUT2D eigenvalue weighted by atomic mass is 32.2. The molecular formula is C25H31F3N4O3S. The number of hydrogen-bond acceptors (Lipinski definition) is 7. The summed E-state index contributed by atoms with van der Waals surface area (Å²) in [6.07, 6.45) is 3.87. The minimum atomic E-state index is -3.13. The molecule has 2 aromatic rings. The van der Waals surface area contributed by atoms with Crippen molar-refractivity contribution >= 4 is 27.5 Å². The third-order valence-corrected chi connectivity index (χ3v) is 9.07. The van der Waals surface area contributed by atoms with Crippen LogP contribution in [0.25, 0.3) is 6.08 Å². The molecule has 0 unspecified atom stereocenters. The number of nitrogens with one attached hydrogen (secondary N) is 1. The van der Waals surface area contributed by atoms with Crippen LogP contribution in [-0.2, 0) is 14.6 Å². The Balaban J connectivity index is 1.67. The summed E-state index contributed by atoms with van der Waals surface area (Å²) in [5.74, 6) is 0.167. The maximum Gasteiger partial charge on any atom is 0.266 e. The third-order valence-electron chi connectivity index (χ3n) is 7.39. The lowest BCUT2D eigenvalue weighted by molar-refractivity contribution is -0.00740. The van der Waals surface area contributed by atoms with Crippen molar-refractivity contribution in [3.05, 3.63) is 52.6 Å². The molecule has 0 saturated heterocycles. The average molecular weight is 525 g/mol. The molecule has 1 saturated carbocycles. The van der Waals surface area contributed by atoms with Crippen LogP contribution in [0.1, 0.15) is 61.8 Å². The fourth-order valence-electron chi connectivity index (χ4n) is 5.26. The number of likely N-dealkylation sites (N-methyl/N-ethyl adjacent to an activating group) is 1. The quantitative estimate of drug-likeness (QED) is 0.550. The predicted molar refractivity (Wildman–Crippen MR) is 134 cm³/mol. The van der Waals surface area contributed by atoms with Crippen molar-refractivity contribution in [2.45, 2.75) is 55.9 Å². The summed E-state index contributed by atoms with van der Waals surface area (Å²) in [5.41, 5.74) is 0.507. The zero-order valence-electron chi connectivity index (χ0n) is 20.8. The van der Waals surface area contributed by atoms with E-state index in [1.165, 1.54) is 24.7 Å². The van der Waals surface area contributed by atoms with Crippen LogP contribution in [-0.4, -0.2) is 56.2 Å². The first-order valence-corrected chi connectivity index (χ1v) is 13.8. The molecule has 196 valence electrons. The number of aromatic nitrogens is 2. The van der Waals surface area contributed by atoms with Crippen LogP contribution in [0, 0.1) is 5.82 Å². The van der Waals surface area contributed by atoms with Crippen molar-refractivity contribution in [2.75, 3.05) is 37.2 Å². The first kappa shape index (κ1) is 26.4. The number of benzene rings is 1. The summed E-state index contributed by atoms with van der Waals surface area (Å²) in [6, 6.07) is 3.32. The lowest BCUT2D eigenvalue weighted by Gasteiger charge is -2.43. The van der Waals surface area contributed by atoms with Gasteiger partial charge in [-0.1, -0.05) is 18.2 Å². The van der Waals surface area contributed by atoms with Crippen molar-refractivity contribution in [3.8, 4) is 0 Å². The molecule has 4 rings (SSSR count). The number of methoxy groups -OCH3 is 1. The Bertz CT molecular complexity index is 1260. The molecule has 0 bridgehead atoms. The van der Waals surface area contributed by atoms with Crippen molar-refractivity contribution in [3.63, 3.8) is 0 Å². The molecule has 1 atom stereocenters. The van der Waals surface area contributed by atoms with Gasteiger partial charge in [0, 0.05) is 32.5 Å². The summed E-state index contributed by atoms with van der Waals surface area (Å²) in [6.45, 7) is 2.23. The largest absolute Gasteiger partial charge is 0.374 e. The minimum Gasteiger partial charge on any atom is -0.374 e. The zero-order valence-corrected chi connectivity index (χ0v) is 21.6. The molecule has 1 aromatic heterocycles. The second-order valence-electron chi connectivity index (χ2n) is 9.63. The number of ether oxygens (including phenoxy) is 1. The molecule has 36 heavy (non-hydrogen) atoms. The number of halogens is 3. The van der Waals surface area contributed by atoms with Crippen LogP contribution >= 0.6 is 0 Å². The van der Waals surface area contributed by atoms with Gasteiger partial charge in [-0.05, 0) is 44.3 Å². The number of rotatable bonds is 7. The van der Waals surface area contributed by atoms with Crippen molar-refractivity contribution in [2.24, 2.45) is 0 Å². The topological polar surface area (TPSA) is 84.4 Å². The predicted octanol–water partition coefficient (Wildman–Crippen LogP) is 4.93. The Morgan fingerprint density at radius 3 is 2.47 bits per heavy atom. The van der Waals surface area contributed by atoms with E-state index < -0.39 is 39.3 Å². The van der Waals surface area contributed by atoms with Gasteiger partial charge in [-0.3, -0.25) is 0 Å². The maximum atomic E-state index is 14.8. The van der Waals surface area contributed by atoms with E-state index in [1.807, 2.05) is 18.0 Å². The van der Waals surface area contributed by atoms with E-state index in [1.54, 1.807) is 14.0 Å². The molecule has 1 aliphatic heterocycles. The van der Waals surface area contributed by atoms with Gasteiger partial charge < -0.3 is 15.0 Å². The molecule has 1 aromatic carbocycles. The highest BCUT2D eigenvalue weighted by Gasteiger charge is 2.42. The van der Waals surface area contributed by atoms with E-state index in [2.05, 4.69) is 15.3 Å². The molecule has 11 heteroatoms. The first-order valence-electron chi connectivity index (χ1n) is 11.8. The van der Waals surface area contributed by atoms with Crippen LogP contribution in [0.3, 0.4) is 0 Å². The Morgan fingerprint density at radius 2 is 1.86 bits per heavy atom. The van der Waals surface area contributed by atoms with Gasteiger partial charge in [-0.25, -0.2) is 31.6 Å². The van der Waals surface area contributed by atoms with Gasteiger partial charge in [0.25, 0.3) is 6.43 Å². The molecule has 1 aliphatic carbocycles. The lowest BCUT2D eigenvalue weighted by Crippen LogP contribution is -2.45. The summed E-state index contributed by atoms with van der Waals surface area (Å²) < 4.78 is 71.3. The molecular weight excluding hydrogens is 493 g/mol. The number of hydrogen-bond donors (Lipinski definition) is 1. The summed E-state index contributed by atoms with van der Waals surface area (Å²) >= 11 is 0.